The van der Waals surface area contributed by atoms with E-state index in [1.807, 2.05) is 4.90 Å². The van der Waals surface area contributed by atoms with Gasteiger partial charge in [0.25, 0.3) is 0 Å². The van der Waals surface area contributed by atoms with Crippen LogP contribution in [0.2, 0.25) is 0 Å². The zero-order valence-electron chi connectivity index (χ0n) is 17.6. The Hall–Kier alpha value is -3.01. The van der Waals surface area contributed by atoms with Crippen LogP contribution in [0.25, 0.3) is 0 Å². The van der Waals surface area contributed by atoms with Crippen LogP contribution < -0.4 is 19.5 Å². The van der Waals surface area contributed by atoms with Gasteiger partial charge >= 0.3 is 5.97 Å². The van der Waals surface area contributed by atoms with E-state index >= 15 is 0 Å². The standard InChI is InChI=1S/C20H27N3O7/c1-5-30-19(25)15-16(12-10-13(26-2)17(28-4)14(11-12)27-3)21-20(22-18(15)24)23-6-8-29-9-7-23/h10-11,15-16H,5-9H2,1-4H3,(H,21,22,24)/t15-,16+/m1/s1. The van der Waals surface area contributed by atoms with Crippen molar-refractivity contribution in [1.29, 1.82) is 0 Å². The van der Waals surface area contributed by atoms with Gasteiger partial charge in [0.1, 0.15) is 6.04 Å². The summed E-state index contributed by atoms with van der Waals surface area (Å²) in [5.41, 5.74) is 0.572. The molecule has 0 unspecified atom stereocenters. The van der Waals surface area contributed by atoms with Crippen molar-refractivity contribution in [3.63, 3.8) is 0 Å². The van der Waals surface area contributed by atoms with Crippen LogP contribution in [0, 0.1) is 5.92 Å². The normalized spacial score (nSPS) is 21.4. The number of nitrogens with one attached hydrogen (secondary N) is 1. The van der Waals surface area contributed by atoms with Crippen LogP contribution in [0.3, 0.4) is 0 Å². The molecule has 2 aliphatic heterocycles. The average molecular weight is 421 g/mol. The Labute approximate surface area is 175 Å². The van der Waals surface area contributed by atoms with Crippen LogP contribution in [0.4, 0.5) is 0 Å². The van der Waals surface area contributed by atoms with Crippen LogP contribution >= 0.6 is 0 Å². The number of ether oxygens (including phenoxy) is 5. The molecular weight excluding hydrogens is 394 g/mol. The number of carbonyl (C=O) groups is 2. The monoisotopic (exact) mass is 421 g/mol. The first-order valence-electron chi connectivity index (χ1n) is 9.71. The van der Waals surface area contributed by atoms with Gasteiger partial charge in [0.05, 0.1) is 41.2 Å². The molecule has 1 N–H and O–H groups in total. The number of methoxy groups -OCH3 is 3. The van der Waals surface area contributed by atoms with Crippen molar-refractivity contribution in [2.45, 2.75) is 13.0 Å². The Morgan fingerprint density at radius 3 is 2.33 bits per heavy atom. The van der Waals surface area contributed by atoms with Gasteiger partial charge in [-0.05, 0) is 24.6 Å². The Morgan fingerprint density at radius 2 is 1.80 bits per heavy atom. The molecule has 1 fully saturated rings. The largest absolute Gasteiger partial charge is 0.493 e. The van der Waals surface area contributed by atoms with Crippen molar-refractivity contribution in [3.8, 4) is 17.2 Å². The summed E-state index contributed by atoms with van der Waals surface area (Å²) in [4.78, 5) is 32.2. The second-order valence-electron chi connectivity index (χ2n) is 6.67. The molecule has 0 aromatic heterocycles. The topological polar surface area (TPSA) is 108 Å². The molecule has 0 radical (unpaired) electrons. The fraction of sp³-hybridized carbons (Fsp3) is 0.550. The molecule has 10 nitrogen and oxygen atoms in total. The van der Waals surface area contributed by atoms with Crippen LogP contribution in [0.5, 0.6) is 17.2 Å². The van der Waals surface area contributed by atoms with Gasteiger partial charge in [0.15, 0.2) is 17.4 Å². The number of amides is 1. The maximum Gasteiger partial charge on any atom is 0.321 e. The maximum absolute atomic E-state index is 12.9. The average Bonchev–Trinajstić information content (AvgIpc) is 2.78. The van der Waals surface area contributed by atoms with Crippen molar-refractivity contribution in [3.05, 3.63) is 17.7 Å². The van der Waals surface area contributed by atoms with Gasteiger partial charge in [-0.2, -0.15) is 0 Å². The molecule has 0 aliphatic carbocycles. The molecule has 30 heavy (non-hydrogen) atoms. The second kappa shape index (κ2) is 9.66. The summed E-state index contributed by atoms with van der Waals surface area (Å²) in [7, 11) is 4.50. The van der Waals surface area contributed by atoms with Crippen molar-refractivity contribution >= 4 is 17.8 Å². The zero-order chi connectivity index (χ0) is 21.7. The van der Waals surface area contributed by atoms with Gasteiger partial charge in [0, 0.05) is 13.1 Å². The van der Waals surface area contributed by atoms with Gasteiger partial charge in [-0.1, -0.05) is 0 Å². The number of rotatable bonds is 6. The molecule has 0 saturated carbocycles. The third kappa shape index (κ3) is 4.28. The van der Waals surface area contributed by atoms with E-state index < -0.39 is 23.8 Å². The maximum atomic E-state index is 12.9. The van der Waals surface area contributed by atoms with E-state index in [2.05, 4.69) is 5.32 Å². The minimum atomic E-state index is -1.14. The summed E-state index contributed by atoms with van der Waals surface area (Å²) in [5, 5.41) is 2.75. The highest BCUT2D eigenvalue weighted by atomic mass is 16.5. The Kier molecular flexibility index (Phi) is 6.99. The second-order valence-corrected chi connectivity index (χ2v) is 6.67. The highest BCUT2D eigenvalue weighted by Gasteiger charge is 2.42. The van der Waals surface area contributed by atoms with Gasteiger partial charge < -0.3 is 28.6 Å². The third-order valence-electron chi connectivity index (χ3n) is 4.97. The molecule has 2 aliphatic rings. The number of guanidine groups is 1. The van der Waals surface area contributed by atoms with Gasteiger partial charge in [-0.3, -0.25) is 14.9 Å². The lowest BCUT2D eigenvalue weighted by Crippen LogP contribution is -2.55. The smallest absolute Gasteiger partial charge is 0.321 e. The number of morpholine rings is 1. The quantitative estimate of drug-likeness (QED) is 0.530. The number of aliphatic imine (C=N–C) groups is 1. The highest BCUT2D eigenvalue weighted by molar-refractivity contribution is 6.08. The lowest BCUT2D eigenvalue weighted by Gasteiger charge is -2.35. The number of hydrogen-bond donors (Lipinski definition) is 1. The molecule has 3 rings (SSSR count). The first-order valence-corrected chi connectivity index (χ1v) is 9.71. The molecule has 1 aromatic rings. The molecule has 1 saturated heterocycles. The Morgan fingerprint density at radius 1 is 1.17 bits per heavy atom. The molecule has 2 heterocycles. The summed E-state index contributed by atoms with van der Waals surface area (Å²) in [6.07, 6.45) is 0. The fourth-order valence-corrected chi connectivity index (χ4v) is 3.51. The van der Waals surface area contributed by atoms with E-state index in [1.165, 1.54) is 21.3 Å². The van der Waals surface area contributed by atoms with E-state index in [1.54, 1.807) is 19.1 Å². The SMILES string of the molecule is CCOC(=O)[C@H]1C(=O)NC(N2CCOCC2)=N[C@H]1c1cc(OC)c(OC)c(OC)c1. The Balaban J connectivity index is 2.09. The van der Waals surface area contributed by atoms with Gasteiger partial charge in [-0.15, -0.1) is 0 Å². The fourth-order valence-electron chi connectivity index (χ4n) is 3.51. The van der Waals surface area contributed by atoms with E-state index in [-0.39, 0.29) is 6.61 Å². The molecule has 1 aromatic carbocycles. The van der Waals surface area contributed by atoms with Crippen molar-refractivity contribution in [2.75, 3.05) is 54.2 Å². The molecular formula is C20H27N3O7. The van der Waals surface area contributed by atoms with Crippen molar-refractivity contribution in [1.82, 2.24) is 10.2 Å². The summed E-state index contributed by atoms with van der Waals surface area (Å²) >= 11 is 0. The van der Waals surface area contributed by atoms with Crippen molar-refractivity contribution in [2.24, 2.45) is 10.9 Å². The zero-order valence-corrected chi connectivity index (χ0v) is 17.6. The van der Waals surface area contributed by atoms with Crippen LogP contribution in [-0.2, 0) is 19.1 Å². The molecule has 1 amide bonds. The number of esters is 1. The first-order chi connectivity index (χ1) is 14.5. The minimum absolute atomic E-state index is 0.157. The predicted molar refractivity (Wildman–Crippen MR) is 107 cm³/mol. The van der Waals surface area contributed by atoms with Crippen LogP contribution in [0.15, 0.2) is 17.1 Å². The summed E-state index contributed by atoms with van der Waals surface area (Å²) in [5.74, 6) is -0.622. The summed E-state index contributed by atoms with van der Waals surface area (Å²) < 4.78 is 26.8. The molecule has 0 spiro atoms. The molecule has 0 bridgehead atoms. The lowest BCUT2D eigenvalue weighted by molar-refractivity contribution is -0.153. The molecule has 164 valence electrons. The van der Waals surface area contributed by atoms with Gasteiger partial charge in [-0.25, -0.2) is 4.99 Å². The molecule has 10 heteroatoms. The number of hydrogen-bond acceptors (Lipinski definition) is 9. The predicted octanol–water partition coefficient (Wildman–Crippen LogP) is 0.751. The minimum Gasteiger partial charge on any atom is -0.493 e. The van der Waals surface area contributed by atoms with E-state index in [4.69, 9.17) is 28.7 Å². The van der Waals surface area contributed by atoms with E-state index in [0.29, 0.717) is 55.1 Å². The third-order valence-corrected chi connectivity index (χ3v) is 4.97. The van der Waals surface area contributed by atoms with E-state index in [9.17, 15) is 9.59 Å². The number of carbonyl (C=O) groups excluding carboxylic acids is 2. The van der Waals surface area contributed by atoms with Gasteiger partial charge in [0.2, 0.25) is 17.6 Å². The van der Waals surface area contributed by atoms with Crippen LogP contribution in [0.1, 0.15) is 18.5 Å². The first kappa shape index (κ1) is 21.7. The Bertz CT molecular complexity index is 796. The van der Waals surface area contributed by atoms with Crippen LogP contribution in [-0.4, -0.2) is 77.0 Å². The summed E-state index contributed by atoms with van der Waals surface area (Å²) in [6.45, 7) is 4.09. The summed E-state index contributed by atoms with van der Waals surface area (Å²) in [6, 6.07) is 2.57. The highest BCUT2D eigenvalue weighted by Crippen LogP contribution is 2.42. The molecule has 2 atom stereocenters. The van der Waals surface area contributed by atoms with E-state index in [0.717, 1.165) is 0 Å². The number of benzene rings is 1. The van der Waals surface area contributed by atoms with Crippen molar-refractivity contribution < 1.29 is 33.3 Å². The number of nitrogens with zero attached hydrogens (tertiary/aromatic N) is 2. The lowest BCUT2D eigenvalue weighted by atomic mass is 9.91.